The van der Waals surface area contributed by atoms with Gasteiger partial charge in [-0.05, 0) is 93.3 Å². The van der Waals surface area contributed by atoms with Gasteiger partial charge in [0.15, 0.2) is 6.10 Å². The fraction of sp³-hybridized carbons (Fsp3) is 0.485. The topological polar surface area (TPSA) is 124 Å². The molecule has 10 nitrogen and oxygen atoms in total. The van der Waals surface area contributed by atoms with E-state index in [-0.39, 0.29) is 30.3 Å². The second-order valence-electron chi connectivity index (χ2n) is 11.7. The Hall–Kier alpha value is -3.43. The second kappa shape index (κ2) is 15.7. The van der Waals surface area contributed by atoms with E-state index in [1.54, 1.807) is 17.0 Å². The molecule has 0 spiro atoms. The molecule has 0 radical (unpaired) electrons. The molecule has 45 heavy (non-hydrogen) atoms. The number of aromatic hydroxyl groups is 1. The lowest BCUT2D eigenvalue weighted by Gasteiger charge is -2.37. The van der Waals surface area contributed by atoms with Crippen LogP contribution in [0.2, 0.25) is 0 Å². The maximum atomic E-state index is 13.3. The van der Waals surface area contributed by atoms with E-state index >= 15 is 0 Å². The fourth-order valence-corrected chi connectivity index (χ4v) is 7.36. The molecule has 2 heterocycles. The van der Waals surface area contributed by atoms with Gasteiger partial charge in [-0.15, -0.1) is 0 Å². The number of aliphatic imine (C=N–C) groups is 2. The minimum Gasteiger partial charge on any atom is -0.506 e. The van der Waals surface area contributed by atoms with Crippen LogP contribution in [-0.2, 0) is 22.4 Å². The van der Waals surface area contributed by atoms with Crippen molar-refractivity contribution < 1.29 is 24.2 Å². The predicted molar refractivity (Wildman–Crippen MR) is 179 cm³/mol. The van der Waals surface area contributed by atoms with Gasteiger partial charge in [0.2, 0.25) is 0 Å². The molecular formula is C33H37Br2N5O5. The van der Waals surface area contributed by atoms with Gasteiger partial charge in [-0.2, -0.15) is 4.99 Å². The van der Waals surface area contributed by atoms with E-state index in [9.17, 15) is 19.5 Å². The number of hydrogen-bond acceptors (Lipinski definition) is 6. The van der Waals surface area contributed by atoms with Crippen LogP contribution in [0, 0.1) is 0 Å². The van der Waals surface area contributed by atoms with E-state index in [0.717, 1.165) is 43.4 Å². The summed E-state index contributed by atoms with van der Waals surface area (Å²) in [6, 6.07) is 11.1. The van der Waals surface area contributed by atoms with Crippen molar-refractivity contribution in [3.63, 3.8) is 0 Å². The van der Waals surface area contributed by atoms with Gasteiger partial charge >= 0.3 is 12.1 Å². The minimum atomic E-state index is -1.22. The number of rotatable bonds is 6. The third-order valence-corrected chi connectivity index (χ3v) is 9.82. The first-order valence-corrected chi connectivity index (χ1v) is 17.1. The first-order valence-electron chi connectivity index (χ1n) is 15.5. The molecular weight excluding hydrogens is 706 g/mol. The summed E-state index contributed by atoms with van der Waals surface area (Å²) >= 11 is 6.63. The molecule has 238 valence electrons. The van der Waals surface area contributed by atoms with Gasteiger partial charge in [0.05, 0.1) is 26.7 Å². The molecule has 4 amide bonds. The van der Waals surface area contributed by atoms with Gasteiger partial charge in [-0.3, -0.25) is 4.79 Å². The summed E-state index contributed by atoms with van der Waals surface area (Å²) in [4.78, 5) is 51.2. The van der Waals surface area contributed by atoms with Crippen LogP contribution in [0.15, 0.2) is 55.3 Å². The molecule has 2 fully saturated rings. The van der Waals surface area contributed by atoms with Crippen LogP contribution >= 0.6 is 31.9 Å². The first-order chi connectivity index (χ1) is 21.8. The van der Waals surface area contributed by atoms with Gasteiger partial charge in [-0.1, -0.05) is 43.9 Å². The lowest BCUT2D eigenvalue weighted by atomic mass is 10.0. The summed E-state index contributed by atoms with van der Waals surface area (Å²) in [5.41, 5.74) is 2.59. The molecule has 2 aliphatic heterocycles. The van der Waals surface area contributed by atoms with Crippen LogP contribution in [0.3, 0.4) is 0 Å². The molecule has 5 rings (SSSR count). The molecule has 12 heteroatoms. The summed E-state index contributed by atoms with van der Waals surface area (Å²) in [5, 5.41) is 13.1. The second-order valence-corrected chi connectivity index (χ2v) is 13.4. The van der Waals surface area contributed by atoms with Gasteiger partial charge in [-0.25, -0.2) is 14.6 Å². The Labute approximate surface area is 279 Å². The van der Waals surface area contributed by atoms with E-state index in [0.29, 0.717) is 47.0 Å². The zero-order valence-electron chi connectivity index (χ0n) is 25.0. The number of halogens is 2. The predicted octanol–water partition coefficient (Wildman–Crippen LogP) is 6.66. The summed E-state index contributed by atoms with van der Waals surface area (Å²) < 4.78 is 6.63. The Bertz CT molecular complexity index is 1480. The zero-order valence-corrected chi connectivity index (χ0v) is 28.2. The van der Waals surface area contributed by atoms with Gasteiger partial charge < -0.3 is 25.0 Å². The van der Waals surface area contributed by atoms with Crippen LogP contribution in [-0.4, -0.2) is 82.5 Å². The third kappa shape index (κ3) is 8.85. The number of carbonyl (C=O) groups is 3. The average molecular weight is 743 g/mol. The number of urea groups is 1. The van der Waals surface area contributed by atoms with Crippen molar-refractivity contribution in [2.24, 2.45) is 9.98 Å². The van der Waals surface area contributed by atoms with E-state index in [2.05, 4.69) is 58.9 Å². The molecule has 0 unspecified atom stereocenters. The van der Waals surface area contributed by atoms with E-state index < -0.39 is 18.1 Å². The van der Waals surface area contributed by atoms with Crippen molar-refractivity contribution in [1.29, 1.82) is 0 Å². The average Bonchev–Trinajstić information content (AvgIpc) is 3.40. The van der Waals surface area contributed by atoms with Crippen LogP contribution in [0.5, 0.6) is 5.75 Å². The molecule has 2 aromatic rings. The number of para-hydroxylation sites is 1. The molecule has 0 aromatic heterocycles. The molecule has 1 aliphatic carbocycles. The normalized spacial score (nSPS) is 18.3. The SMILES string of the molecule is O=C(N=C=C=NC1CCCCCC1)[C@@H](Cc1cc(Br)c(O)c(Br)c1)OC(=O)N1CCC(N2CCc3ccccc3NC2=O)CC1. The number of benzene rings is 2. The lowest BCUT2D eigenvalue weighted by Crippen LogP contribution is -2.50. The first kappa shape index (κ1) is 32.9. The van der Waals surface area contributed by atoms with E-state index in [1.807, 2.05) is 29.2 Å². The van der Waals surface area contributed by atoms with Gasteiger partial charge in [0.1, 0.15) is 5.75 Å². The standard InChI is InChI=1S/C33H37Br2N5O5/c34-26-19-22(20-27(35)30(26)41)21-29(31(42)37-15-14-36-24-8-3-1-2-4-9-24)45-33(44)39-16-12-25(13-17-39)40-18-11-23-7-5-6-10-28(23)38-32(40)43/h5-7,10,19-20,24-25,29,41H,1-4,8-9,11-13,16-18,21H2,(H,38,43)/t29-/m1/s1. The number of carbonyl (C=O) groups excluding carboxylic acids is 3. The van der Waals surface area contributed by atoms with Gasteiger partial charge in [0, 0.05) is 37.8 Å². The summed E-state index contributed by atoms with van der Waals surface area (Å²) in [7, 11) is 0. The Morgan fingerprint density at radius 1 is 1.00 bits per heavy atom. The number of nitrogens with zero attached hydrogens (tertiary/aromatic N) is 4. The Morgan fingerprint density at radius 3 is 2.40 bits per heavy atom. The van der Waals surface area contributed by atoms with E-state index in [4.69, 9.17) is 4.74 Å². The number of phenols is 1. The maximum absolute atomic E-state index is 13.3. The van der Waals surface area contributed by atoms with E-state index in [1.165, 1.54) is 12.8 Å². The van der Waals surface area contributed by atoms with Crippen LogP contribution in [0.1, 0.15) is 62.5 Å². The van der Waals surface area contributed by atoms with Crippen LogP contribution in [0.25, 0.3) is 0 Å². The zero-order chi connectivity index (χ0) is 31.8. The highest BCUT2D eigenvalue weighted by Gasteiger charge is 2.33. The molecule has 2 N–H and O–H groups in total. The number of amides is 4. The molecule has 0 bridgehead atoms. The molecule has 1 saturated carbocycles. The van der Waals surface area contributed by atoms with Crippen molar-refractivity contribution in [2.75, 3.05) is 25.0 Å². The quantitative estimate of drug-likeness (QED) is 0.253. The number of hydrogen-bond donors (Lipinski definition) is 2. The van der Waals surface area contributed by atoms with Crippen molar-refractivity contribution in [3.05, 3.63) is 56.5 Å². The van der Waals surface area contributed by atoms with Crippen molar-refractivity contribution >= 4 is 67.3 Å². The van der Waals surface area contributed by atoms with Crippen molar-refractivity contribution in [3.8, 4) is 5.75 Å². The summed E-state index contributed by atoms with van der Waals surface area (Å²) in [5.74, 6) is 4.54. The number of nitrogens with one attached hydrogen (secondary N) is 1. The molecule has 1 saturated heterocycles. The van der Waals surface area contributed by atoms with Gasteiger partial charge in [0.25, 0.3) is 5.91 Å². The lowest BCUT2D eigenvalue weighted by molar-refractivity contribution is -0.126. The molecule has 3 aliphatic rings. The number of anilines is 1. The van der Waals surface area contributed by atoms with Crippen molar-refractivity contribution in [1.82, 2.24) is 9.80 Å². The number of likely N-dealkylation sites (tertiary alicyclic amines) is 1. The highest BCUT2D eigenvalue weighted by molar-refractivity contribution is 9.11. The Kier molecular flexibility index (Phi) is 11.5. The Balaban J connectivity index is 1.23. The third-order valence-electron chi connectivity index (χ3n) is 8.61. The van der Waals surface area contributed by atoms with Crippen molar-refractivity contribution in [2.45, 2.75) is 82.4 Å². The minimum absolute atomic E-state index is 0.0185. The number of ether oxygens (including phenoxy) is 1. The number of phenolic OH excluding ortho intramolecular Hbond substituents is 1. The highest BCUT2D eigenvalue weighted by atomic mass is 79.9. The summed E-state index contributed by atoms with van der Waals surface area (Å²) in [6.07, 6.45) is 6.77. The molecule has 2 aromatic carbocycles. The Morgan fingerprint density at radius 2 is 1.69 bits per heavy atom. The number of fused-ring (bicyclic) bond motifs is 1. The smallest absolute Gasteiger partial charge is 0.410 e. The summed E-state index contributed by atoms with van der Waals surface area (Å²) in [6.45, 7) is 1.37. The largest absolute Gasteiger partial charge is 0.506 e. The monoisotopic (exact) mass is 741 g/mol. The van der Waals surface area contributed by atoms with Crippen LogP contribution < -0.4 is 5.32 Å². The fourth-order valence-electron chi connectivity index (χ4n) is 6.08. The highest BCUT2D eigenvalue weighted by Crippen LogP contribution is 2.34. The maximum Gasteiger partial charge on any atom is 0.410 e. The number of piperidine rings is 1. The van der Waals surface area contributed by atoms with Crippen LogP contribution in [0.4, 0.5) is 15.3 Å². The molecule has 1 atom stereocenters.